The molecule has 0 bridgehead atoms. The van der Waals surface area contributed by atoms with Crippen molar-refractivity contribution in [3.05, 3.63) is 72.3 Å². The number of carbonyl (C=O) groups excluding carboxylic acids is 1. The number of sulfonamides is 1. The molecule has 0 aromatic heterocycles. The van der Waals surface area contributed by atoms with Gasteiger partial charge in [-0.15, -0.1) is 0 Å². The topological polar surface area (TPSA) is 75.3 Å². The number of nitrogens with one attached hydrogen (secondary N) is 2. The number of anilines is 2. The van der Waals surface area contributed by atoms with Gasteiger partial charge in [0.15, 0.2) is 0 Å². The summed E-state index contributed by atoms with van der Waals surface area (Å²) in [6.45, 7) is 0. The van der Waals surface area contributed by atoms with Gasteiger partial charge < -0.3 is 5.32 Å². The Hall–Kier alpha value is -3.07. The van der Waals surface area contributed by atoms with Gasteiger partial charge in [0.1, 0.15) is 0 Å². The number of halogens is 3. The fraction of sp³-hybridized carbons (Fsp3) is 0.0556. The van der Waals surface area contributed by atoms with Crippen LogP contribution in [0.15, 0.2) is 66.7 Å². The molecule has 0 atom stereocenters. The molecule has 140 valence electrons. The van der Waals surface area contributed by atoms with Crippen molar-refractivity contribution in [2.45, 2.75) is 5.51 Å². The standard InChI is InChI=1S/C18H13F3N2O3S/c19-18(20,21)27(25,26)23-16-10-4-3-9-14(16)17(24)22-15-11-5-7-12-6-1-2-8-13(12)15/h1-11,23H,(H,22,24). The first-order valence-corrected chi connectivity index (χ1v) is 9.14. The third-order valence-corrected chi connectivity index (χ3v) is 4.86. The Morgan fingerprint density at radius 1 is 0.815 bits per heavy atom. The highest BCUT2D eigenvalue weighted by atomic mass is 32.2. The van der Waals surface area contributed by atoms with Crippen molar-refractivity contribution in [2.24, 2.45) is 0 Å². The van der Waals surface area contributed by atoms with Gasteiger partial charge in [-0.05, 0) is 23.6 Å². The summed E-state index contributed by atoms with van der Waals surface area (Å²) in [4.78, 5) is 12.6. The Morgan fingerprint density at radius 3 is 2.15 bits per heavy atom. The predicted octanol–water partition coefficient (Wildman–Crippen LogP) is 4.35. The van der Waals surface area contributed by atoms with Crippen LogP contribution >= 0.6 is 0 Å². The van der Waals surface area contributed by atoms with Gasteiger partial charge in [0.2, 0.25) is 0 Å². The quantitative estimate of drug-likeness (QED) is 0.691. The van der Waals surface area contributed by atoms with E-state index in [0.717, 1.165) is 16.8 Å². The molecular formula is C18H13F3N2O3S. The summed E-state index contributed by atoms with van der Waals surface area (Å²) in [6, 6.07) is 17.5. The van der Waals surface area contributed by atoms with E-state index in [4.69, 9.17) is 0 Å². The van der Waals surface area contributed by atoms with Crippen molar-refractivity contribution in [1.29, 1.82) is 0 Å². The van der Waals surface area contributed by atoms with Crippen molar-refractivity contribution >= 4 is 38.1 Å². The minimum absolute atomic E-state index is 0.238. The summed E-state index contributed by atoms with van der Waals surface area (Å²) in [5.74, 6) is -0.744. The van der Waals surface area contributed by atoms with Gasteiger partial charge in [-0.2, -0.15) is 21.6 Å². The zero-order chi connectivity index (χ0) is 19.7. The van der Waals surface area contributed by atoms with Crippen LogP contribution in [0.25, 0.3) is 10.8 Å². The molecule has 0 radical (unpaired) electrons. The molecule has 2 N–H and O–H groups in total. The van der Waals surface area contributed by atoms with Crippen molar-refractivity contribution in [3.63, 3.8) is 0 Å². The first-order valence-electron chi connectivity index (χ1n) is 7.66. The third kappa shape index (κ3) is 3.87. The van der Waals surface area contributed by atoms with Crippen LogP contribution in [0.2, 0.25) is 0 Å². The number of para-hydroxylation sites is 1. The van der Waals surface area contributed by atoms with Crippen LogP contribution in [0.3, 0.4) is 0 Å². The number of fused-ring (bicyclic) bond motifs is 1. The Balaban J connectivity index is 1.94. The van der Waals surface area contributed by atoms with Gasteiger partial charge >= 0.3 is 15.5 Å². The van der Waals surface area contributed by atoms with Crippen LogP contribution in [-0.4, -0.2) is 19.8 Å². The molecule has 1 amide bonds. The van der Waals surface area contributed by atoms with Crippen LogP contribution in [0.1, 0.15) is 10.4 Å². The monoisotopic (exact) mass is 394 g/mol. The molecule has 3 aromatic carbocycles. The normalized spacial score (nSPS) is 12.0. The molecule has 0 saturated carbocycles. The van der Waals surface area contributed by atoms with E-state index >= 15 is 0 Å². The number of carbonyl (C=O) groups is 1. The van der Waals surface area contributed by atoms with E-state index in [1.54, 1.807) is 24.3 Å². The van der Waals surface area contributed by atoms with Gasteiger partial charge in [-0.25, -0.2) is 0 Å². The van der Waals surface area contributed by atoms with E-state index in [9.17, 15) is 26.4 Å². The molecule has 0 aliphatic carbocycles. The molecule has 0 spiro atoms. The molecular weight excluding hydrogens is 381 g/mol. The first-order chi connectivity index (χ1) is 12.7. The van der Waals surface area contributed by atoms with Gasteiger partial charge in [0, 0.05) is 11.1 Å². The molecule has 0 aliphatic rings. The third-order valence-electron chi connectivity index (χ3n) is 3.76. The number of rotatable bonds is 4. The Labute approximate surface area is 152 Å². The lowest BCUT2D eigenvalue weighted by Gasteiger charge is -2.14. The number of benzene rings is 3. The molecule has 0 heterocycles. The van der Waals surface area contributed by atoms with Crippen molar-refractivity contribution in [2.75, 3.05) is 10.0 Å². The SMILES string of the molecule is O=C(Nc1cccc2ccccc12)c1ccccc1NS(=O)(=O)C(F)(F)F. The summed E-state index contributed by atoms with van der Waals surface area (Å²) in [7, 11) is -5.64. The fourth-order valence-electron chi connectivity index (χ4n) is 2.50. The smallest absolute Gasteiger partial charge is 0.321 e. The molecule has 3 rings (SSSR count). The van der Waals surface area contributed by atoms with E-state index in [-0.39, 0.29) is 5.56 Å². The zero-order valence-corrected chi connectivity index (χ0v) is 14.4. The lowest BCUT2D eigenvalue weighted by Crippen LogP contribution is -2.30. The number of amides is 1. The summed E-state index contributed by atoms with van der Waals surface area (Å²) in [6.07, 6.45) is 0. The maximum absolute atomic E-state index is 12.6. The Morgan fingerprint density at radius 2 is 1.41 bits per heavy atom. The van der Waals surface area contributed by atoms with Crippen LogP contribution in [0, 0.1) is 0 Å². The van der Waals surface area contributed by atoms with Gasteiger partial charge in [0.05, 0.1) is 11.3 Å². The zero-order valence-electron chi connectivity index (χ0n) is 13.6. The number of hydrogen-bond donors (Lipinski definition) is 2. The van der Waals surface area contributed by atoms with Gasteiger partial charge in [0.25, 0.3) is 5.91 Å². The van der Waals surface area contributed by atoms with Gasteiger partial charge in [-0.3, -0.25) is 9.52 Å². The molecule has 5 nitrogen and oxygen atoms in total. The molecule has 0 fully saturated rings. The van der Waals surface area contributed by atoms with E-state index in [1.165, 1.54) is 22.9 Å². The van der Waals surface area contributed by atoms with E-state index in [0.29, 0.717) is 5.69 Å². The second-order valence-electron chi connectivity index (χ2n) is 5.58. The van der Waals surface area contributed by atoms with Gasteiger partial charge in [-0.1, -0.05) is 48.5 Å². The van der Waals surface area contributed by atoms with Crippen molar-refractivity contribution in [1.82, 2.24) is 0 Å². The molecule has 0 aliphatic heterocycles. The molecule has 0 unspecified atom stereocenters. The first kappa shape index (κ1) is 18.7. The second kappa shape index (κ2) is 6.92. The minimum Gasteiger partial charge on any atom is -0.321 e. The van der Waals surface area contributed by atoms with Crippen LogP contribution in [0.5, 0.6) is 0 Å². The average molecular weight is 394 g/mol. The molecule has 27 heavy (non-hydrogen) atoms. The largest absolute Gasteiger partial charge is 0.516 e. The number of alkyl halides is 3. The lowest BCUT2D eigenvalue weighted by molar-refractivity contribution is -0.0429. The minimum atomic E-state index is -5.64. The fourth-order valence-corrected chi connectivity index (χ4v) is 3.08. The number of hydrogen-bond acceptors (Lipinski definition) is 3. The van der Waals surface area contributed by atoms with E-state index in [2.05, 4.69) is 5.32 Å². The summed E-state index contributed by atoms with van der Waals surface area (Å²) >= 11 is 0. The second-order valence-corrected chi connectivity index (χ2v) is 7.25. The van der Waals surface area contributed by atoms with Crippen LogP contribution in [0.4, 0.5) is 24.5 Å². The Bertz CT molecular complexity index is 1110. The molecule has 3 aromatic rings. The lowest BCUT2D eigenvalue weighted by atomic mass is 10.1. The highest BCUT2D eigenvalue weighted by Gasteiger charge is 2.46. The summed E-state index contributed by atoms with van der Waals surface area (Å²) in [5.41, 5.74) is -5.75. The highest BCUT2D eigenvalue weighted by Crippen LogP contribution is 2.28. The predicted molar refractivity (Wildman–Crippen MR) is 96.9 cm³/mol. The van der Waals surface area contributed by atoms with Crippen molar-refractivity contribution < 1.29 is 26.4 Å². The van der Waals surface area contributed by atoms with Crippen LogP contribution < -0.4 is 10.0 Å². The summed E-state index contributed by atoms with van der Waals surface area (Å²) < 4.78 is 62.0. The average Bonchev–Trinajstić information content (AvgIpc) is 2.61. The van der Waals surface area contributed by atoms with E-state index < -0.39 is 27.1 Å². The van der Waals surface area contributed by atoms with Crippen molar-refractivity contribution in [3.8, 4) is 0 Å². The summed E-state index contributed by atoms with van der Waals surface area (Å²) in [5, 5.41) is 4.21. The maximum atomic E-state index is 12.6. The highest BCUT2D eigenvalue weighted by molar-refractivity contribution is 7.93. The molecule has 9 heteroatoms. The maximum Gasteiger partial charge on any atom is 0.516 e. The van der Waals surface area contributed by atoms with Crippen LogP contribution in [-0.2, 0) is 10.0 Å². The Kier molecular flexibility index (Phi) is 4.79. The van der Waals surface area contributed by atoms with E-state index in [1.807, 2.05) is 18.2 Å². The molecule has 0 saturated heterocycles.